The number of benzene rings is 1. The molecule has 21 heavy (non-hydrogen) atoms. The highest BCUT2D eigenvalue weighted by Gasteiger charge is 2.18. The van der Waals surface area contributed by atoms with Crippen LogP contribution in [0.25, 0.3) is 16.9 Å². The highest BCUT2D eigenvalue weighted by molar-refractivity contribution is 6.31. The molecule has 0 unspecified atom stereocenters. The molecule has 0 saturated carbocycles. The molecular formula is C14H10ClN3O3. The van der Waals surface area contributed by atoms with Crippen LogP contribution in [0.15, 0.2) is 41.7 Å². The van der Waals surface area contributed by atoms with Crippen molar-refractivity contribution in [3.8, 4) is 17.0 Å². The lowest BCUT2D eigenvalue weighted by Gasteiger charge is -2.02. The Labute approximate surface area is 124 Å². The maximum Gasteiger partial charge on any atom is 0.209 e. The fourth-order valence-electron chi connectivity index (χ4n) is 2.14. The van der Waals surface area contributed by atoms with Crippen molar-refractivity contribution in [3.05, 3.63) is 52.0 Å². The summed E-state index contributed by atoms with van der Waals surface area (Å²) in [6, 6.07) is 7.77. The van der Waals surface area contributed by atoms with Crippen molar-refractivity contribution in [2.24, 2.45) is 5.18 Å². The largest absolute Gasteiger partial charge is 0.507 e. The average molecular weight is 304 g/mol. The van der Waals surface area contributed by atoms with Crippen LogP contribution in [-0.4, -0.2) is 19.6 Å². The highest BCUT2D eigenvalue weighted by Crippen LogP contribution is 2.37. The third kappa shape index (κ3) is 2.24. The summed E-state index contributed by atoms with van der Waals surface area (Å²) in [7, 11) is 0. The van der Waals surface area contributed by atoms with E-state index >= 15 is 0 Å². The Kier molecular flexibility index (Phi) is 3.32. The van der Waals surface area contributed by atoms with Crippen molar-refractivity contribution < 1.29 is 10.2 Å². The molecule has 0 fully saturated rings. The molecule has 3 aromatic rings. The number of aliphatic hydroxyl groups is 1. The van der Waals surface area contributed by atoms with E-state index < -0.39 is 0 Å². The Morgan fingerprint density at radius 3 is 2.81 bits per heavy atom. The molecule has 0 bridgehead atoms. The molecule has 0 aliphatic rings. The molecular weight excluding hydrogens is 294 g/mol. The van der Waals surface area contributed by atoms with Gasteiger partial charge in [-0.25, -0.2) is 4.98 Å². The second-order valence-electron chi connectivity index (χ2n) is 4.46. The molecule has 106 valence electrons. The number of phenolic OH excluding ortho intramolecular Hbond substituents is 1. The van der Waals surface area contributed by atoms with Crippen LogP contribution in [-0.2, 0) is 6.61 Å². The molecule has 2 aromatic heterocycles. The van der Waals surface area contributed by atoms with Crippen LogP contribution >= 0.6 is 11.6 Å². The molecule has 0 radical (unpaired) electrons. The summed E-state index contributed by atoms with van der Waals surface area (Å²) in [5.41, 5.74) is 1.67. The zero-order valence-electron chi connectivity index (χ0n) is 10.7. The molecule has 0 aliphatic heterocycles. The standard InChI is InChI=1S/C14H10ClN3O3/c15-9-1-2-11(20)10(6-9)13-14(17-21)18-4-3-8(7-19)5-12(18)16-13/h1-6,19-20H,7H2. The number of fused-ring (bicyclic) bond motifs is 1. The zero-order valence-corrected chi connectivity index (χ0v) is 11.4. The van der Waals surface area contributed by atoms with E-state index in [2.05, 4.69) is 10.2 Å². The quantitative estimate of drug-likeness (QED) is 0.727. The van der Waals surface area contributed by atoms with Crippen molar-refractivity contribution in [1.29, 1.82) is 0 Å². The summed E-state index contributed by atoms with van der Waals surface area (Å²) in [6.07, 6.45) is 1.59. The van der Waals surface area contributed by atoms with E-state index in [9.17, 15) is 10.0 Å². The average Bonchev–Trinajstić information content (AvgIpc) is 2.86. The lowest BCUT2D eigenvalue weighted by atomic mass is 10.1. The predicted molar refractivity (Wildman–Crippen MR) is 78.7 cm³/mol. The minimum Gasteiger partial charge on any atom is -0.507 e. The van der Waals surface area contributed by atoms with Crippen molar-refractivity contribution in [2.75, 3.05) is 0 Å². The number of hydrogen-bond acceptors (Lipinski definition) is 5. The third-order valence-corrected chi connectivity index (χ3v) is 3.38. The summed E-state index contributed by atoms with van der Waals surface area (Å²) < 4.78 is 1.49. The third-order valence-electron chi connectivity index (χ3n) is 3.15. The fourth-order valence-corrected chi connectivity index (χ4v) is 2.31. The Balaban J connectivity index is 2.31. The molecule has 0 saturated heterocycles. The van der Waals surface area contributed by atoms with Crippen LogP contribution in [0.1, 0.15) is 5.56 Å². The number of aromatic hydroxyl groups is 1. The topological polar surface area (TPSA) is 87.2 Å². The van der Waals surface area contributed by atoms with Crippen molar-refractivity contribution in [2.45, 2.75) is 6.61 Å². The summed E-state index contributed by atoms with van der Waals surface area (Å²) >= 11 is 5.92. The first kappa shape index (κ1) is 13.5. The molecule has 2 N–H and O–H groups in total. The van der Waals surface area contributed by atoms with Gasteiger partial charge in [-0.2, -0.15) is 0 Å². The van der Waals surface area contributed by atoms with Crippen LogP contribution in [0, 0.1) is 4.91 Å². The number of hydrogen-bond donors (Lipinski definition) is 2. The number of rotatable bonds is 3. The summed E-state index contributed by atoms with van der Waals surface area (Å²) in [5.74, 6) is 0.0159. The van der Waals surface area contributed by atoms with E-state index in [1.165, 1.54) is 22.6 Å². The van der Waals surface area contributed by atoms with Gasteiger partial charge in [0.05, 0.1) is 6.61 Å². The number of phenols is 1. The van der Waals surface area contributed by atoms with Gasteiger partial charge in [0.15, 0.2) is 0 Å². The Bertz CT molecular complexity index is 845. The van der Waals surface area contributed by atoms with Gasteiger partial charge in [-0.15, -0.1) is 4.91 Å². The smallest absolute Gasteiger partial charge is 0.209 e. The van der Waals surface area contributed by atoms with Gasteiger partial charge in [0.1, 0.15) is 17.1 Å². The normalized spacial score (nSPS) is 11.0. The molecule has 2 heterocycles. The van der Waals surface area contributed by atoms with Crippen molar-refractivity contribution >= 4 is 23.1 Å². The lowest BCUT2D eigenvalue weighted by Crippen LogP contribution is -1.88. The van der Waals surface area contributed by atoms with Crippen LogP contribution in [0.2, 0.25) is 5.02 Å². The van der Waals surface area contributed by atoms with Crippen LogP contribution in [0.5, 0.6) is 5.75 Å². The van der Waals surface area contributed by atoms with Crippen LogP contribution < -0.4 is 0 Å². The first-order valence-corrected chi connectivity index (χ1v) is 6.46. The lowest BCUT2D eigenvalue weighted by molar-refractivity contribution is 0.282. The number of nitroso groups, excluding NO2 is 1. The minimum absolute atomic E-state index is 0.0462. The Morgan fingerprint density at radius 2 is 2.10 bits per heavy atom. The van der Waals surface area contributed by atoms with Gasteiger partial charge in [-0.3, -0.25) is 4.40 Å². The highest BCUT2D eigenvalue weighted by atomic mass is 35.5. The number of nitrogens with zero attached hydrogens (tertiary/aromatic N) is 3. The van der Waals surface area contributed by atoms with Gasteiger partial charge < -0.3 is 10.2 Å². The first-order valence-electron chi connectivity index (χ1n) is 6.08. The maximum atomic E-state index is 11.2. The second-order valence-corrected chi connectivity index (χ2v) is 4.89. The minimum atomic E-state index is -0.134. The van der Waals surface area contributed by atoms with E-state index in [1.807, 2.05) is 0 Å². The van der Waals surface area contributed by atoms with Gasteiger partial charge in [0.2, 0.25) is 5.82 Å². The van der Waals surface area contributed by atoms with E-state index in [-0.39, 0.29) is 23.9 Å². The van der Waals surface area contributed by atoms with E-state index in [4.69, 9.17) is 16.7 Å². The molecule has 0 atom stereocenters. The molecule has 3 rings (SSSR count). The second kappa shape index (κ2) is 5.16. The van der Waals surface area contributed by atoms with E-state index in [1.54, 1.807) is 18.3 Å². The summed E-state index contributed by atoms with van der Waals surface area (Å²) in [4.78, 5) is 15.5. The van der Waals surface area contributed by atoms with Crippen LogP contribution in [0.3, 0.4) is 0 Å². The maximum absolute atomic E-state index is 11.2. The van der Waals surface area contributed by atoms with Crippen molar-refractivity contribution in [1.82, 2.24) is 9.38 Å². The molecule has 0 amide bonds. The summed E-state index contributed by atoms with van der Waals surface area (Å²) in [6.45, 7) is -0.134. The molecule has 7 heteroatoms. The number of imidazole rings is 1. The number of aliphatic hydroxyl groups excluding tert-OH is 1. The number of pyridine rings is 1. The van der Waals surface area contributed by atoms with Gasteiger partial charge in [-0.05, 0) is 41.1 Å². The van der Waals surface area contributed by atoms with E-state index in [0.29, 0.717) is 21.8 Å². The van der Waals surface area contributed by atoms with Gasteiger partial charge >= 0.3 is 0 Å². The summed E-state index contributed by atoms with van der Waals surface area (Å²) in [5, 5.41) is 22.5. The number of halogens is 1. The first-order chi connectivity index (χ1) is 10.1. The molecule has 0 spiro atoms. The molecule has 6 nitrogen and oxygen atoms in total. The SMILES string of the molecule is O=Nc1c(-c2cc(Cl)ccc2O)nc2cc(CO)ccn12. The van der Waals surface area contributed by atoms with E-state index in [0.717, 1.165) is 0 Å². The predicted octanol–water partition coefficient (Wildman–Crippen LogP) is 3.25. The van der Waals surface area contributed by atoms with Gasteiger partial charge in [-0.1, -0.05) is 11.6 Å². The zero-order chi connectivity index (χ0) is 15.0. The Morgan fingerprint density at radius 1 is 1.29 bits per heavy atom. The monoisotopic (exact) mass is 303 g/mol. The molecule has 0 aliphatic carbocycles. The van der Waals surface area contributed by atoms with Gasteiger partial charge in [0.25, 0.3) is 0 Å². The van der Waals surface area contributed by atoms with Crippen LogP contribution in [0.4, 0.5) is 5.82 Å². The molecule has 1 aromatic carbocycles. The number of aromatic nitrogens is 2. The fraction of sp³-hybridized carbons (Fsp3) is 0.0714. The van der Waals surface area contributed by atoms with Gasteiger partial charge in [0, 0.05) is 16.8 Å². The Hall–Kier alpha value is -2.44. The van der Waals surface area contributed by atoms with Crippen molar-refractivity contribution in [3.63, 3.8) is 0 Å².